The Kier molecular flexibility index (Phi) is 8.70. The number of hydrogen-bond donors (Lipinski definition) is 4. The standard InChI is InChI=1S/C26H30F4N6O3/c27-20-6-3-4-18(12-20)14-32-21-10-8-17(9-11-21)13-25(31)23(36(37)38)16-34-24(35-25)33-15-19-5-1-2-7-22(19)39-26(28,29)30/h1-7,12,16-17,21,32H,8-11,13-15,31H2,(H2,33,34,35). The summed E-state index contributed by atoms with van der Waals surface area (Å²) in [6, 6.07) is 12.3. The molecule has 0 saturated heterocycles. The van der Waals surface area contributed by atoms with Crippen molar-refractivity contribution >= 4 is 5.96 Å². The lowest BCUT2D eigenvalue weighted by Crippen LogP contribution is -2.64. The van der Waals surface area contributed by atoms with Crippen LogP contribution < -0.4 is 26.4 Å². The maximum absolute atomic E-state index is 13.4. The molecule has 2 aromatic carbocycles. The SMILES string of the molecule is NC1(CC2CCC(NCc3cccc(F)c3)CC2)NC(=NCc2ccccc2OC(F)(F)F)NC=C1[N+](=O)[O-]. The fourth-order valence-corrected chi connectivity index (χ4v) is 4.99. The van der Waals surface area contributed by atoms with Crippen LogP contribution in [-0.4, -0.2) is 28.9 Å². The van der Waals surface area contributed by atoms with Crippen molar-refractivity contribution in [2.75, 3.05) is 0 Å². The number of alkyl halides is 3. The number of nitrogens with two attached hydrogens (primary N) is 1. The molecule has 1 fully saturated rings. The number of nitrogens with zero attached hydrogens (tertiary/aromatic N) is 2. The maximum atomic E-state index is 13.4. The van der Waals surface area contributed by atoms with Gasteiger partial charge in [0.15, 0.2) is 11.6 Å². The Labute approximate surface area is 222 Å². The molecule has 0 aromatic heterocycles. The van der Waals surface area contributed by atoms with Gasteiger partial charge in [0, 0.05) is 18.2 Å². The quantitative estimate of drug-likeness (QED) is 0.209. The molecule has 9 nitrogen and oxygen atoms in total. The summed E-state index contributed by atoms with van der Waals surface area (Å²) in [4.78, 5) is 15.4. The van der Waals surface area contributed by atoms with Crippen LogP contribution in [0.5, 0.6) is 5.75 Å². The van der Waals surface area contributed by atoms with Crippen LogP contribution in [0.2, 0.25) is 0 Å². The molecule has 1 heterocycles. The monoisotopic (exact) mass is 550 g/mol. The van der Waals surface area contributed by atoms with E-state index in [9.17, 15) is 27.7 Å². The summed E-state index contributed by atoms with van der Waals surface area (Å²) in [6.45, 7) is 0.369. The van der Waals surface area contributed by atoms with Crippen LogP contribution in [0.25, 0.3) is 0 Å². The summed E-state index contributed by atoms with van der Waals surface area (Å²) in [5.74, 6) is -0.459. The van der Waals surface area contributed by atoms with Crippen molar-refractivity contribution < 1.29 is 27.2 Å². The maximum Gasteiger partial charge on any atom is 0.573 e. The molecule has 0 amide bonds. The van der Waals surface area contributed by atoms with E-state index in [1.807, 2.05) is 6.07 Å². The number of guanidine groups is 1. The second kappa shape index (κ2) is 12.0. The zero-order chi connectivity index (χ0) is 28.0. The van der Waals surface area contributed by atoms with Crippen LogP contribution in [0.3, 0.4) is 0 Å². The Balaban J connectivity index is 1.37. The molecule has 210 valence electrons. The Morgan fingerprint density at radius 3 is 2.59 bits per heavy atom. The van der Waals surface area contributed by atoms with Crippen LogP contribution in [0.4, 0.5) is 17.6 Å². The van der Waals surface area contributed by atoms with Gasteiger partial charge in [-0.3, -0.25) is 15.8 Å². The summed E-state index contributed by atoms with van der Waals surface area (Å²) >= 11 is 0. The predicted molar refractivity (Wildman–Crippen MR) is 136 cm³/mol. The number of benzene rings is 2. The number of aliphatic imine (C=N–C) groups is 1. The van der Waals surface area contributed by atoms with Gasteiger partial charge in [0.2, 0.25) is 0 Å². The van der Waals surface area contributed by atoms with E-state index in [-0.39, 0.29) is 53.7 Å². The van der Waals surface area contributed by atoms with E-state index in [1.54, 1.807) is 12.1 Å². The molecule has 2 aliphatic rings. The van der Waals surface area contributed by atoms with Crippen molar-refractivity contribution in [3.8, 4) is 5.75 Å². The van der Waals surface area contributed by atoms with Gasteiger partial charge in [0.05, 0.1) is 17.7 Å². The number of hydrogen-bond acceptors (Lipinski definition) is 6. The molecule has 0 radical (unpaired) electrons. The molecule has 1 saturated carbocycles. The fourth-order valence-electron chi connectivity index (χ4n) is 4.99. The molecule has 0 bridgehead atoms. The normalized spacial score (nSPS) is 24.4. The zero-order valence-corrected chi connectivity index (χ0v) is 21.0. The Bertz CT molecular complexity index is 1230. The third kappa shape index (κ3) is 7.90. The summed E-state index contributed by atoms with van der Waals surface area (Å²) in [7, 11) is 0. The van der Waals surface area contributed by atoms with Gasteiger partial charge >= 0.3 is 12.1 Å². The first-order valence-corrected chi connectivity index (χ1v) is 12.6. The molecule has 1 unspecified atom stereocenters. The first kappa shape index (κ1) is 28.3. The molecule has 1 aliphatic carbocycles. The van der Waals surface area contributed by atoms with Gasteiger partial charge in [0.1, 0.15) is 11.6 Å². The molecule has 13 heteroatoms. The smallest absolute Gasteiger partial charge is 0.405 e. The Morgan fingerprint density at radius 1 is 1.15 bits per heavy atom. The topological polar surface area (TPSA) is 127 Å². The summed E-state index contributed by atoms with van der Waals surface area (Å²) in [6.07, 6.45) is -0.173. The molecule has 0 spiro atoms. The second-order valence-corrected chi connectivity index (χ2v) is 9.78. The van der Waals surface area contributed by atoms with Crippen molar-refractivity contribution in [2.45, 2.75) is 63.3 Å². The minimum atomic E-state index is -4.85. The molecular formula is C26H30F4N6O3. The average Bonchev–Trinajstić information content (AvgIpc) is 2.86. The summed E-state index contributed by atoms with van der Waals surface area (Å²) in [5, 5.41) is 20.8. The van der Waals surface area contributed by atoms with Gasteiger partial charge in [0.25, 0.3) is 0 Å². The van der Waals surface area contributed by atoms with Gasteiger partial charge in [-0.15, -0.1) is 13.2 Å². The third-order valence-corrected chi connectivity index (χ3v) is 6.89. The van der Waals surface area contributed by atoms with E-state index in [4.69, 9.17) is 5.73 Å². The van der Waals surface area contributed by atoms with Crippen molar-refractivity contribution in [1.29, 1.82) is 0 Å². The van der Waals surface area contributed by atoms with Gasteiger partial charge in [-0.25, -0.2) is 9.38 Å². The number of halogens is 4. The van der Waals surface area contributed by atoms with Crippen LogP contribution in [0.15, 0.2) is 65.4 Å². The van der Waals surface area contributed by atoms with Crippen LogP contribution in [0.1, 0.15) is 43.2 Å². The lowest BCUT2D eigenvalue weighted by molar-refractivity contribution is -0.437. The van der Waals surface area contributed by atoms with Crippen molar-refractivity contribution in [3.63, 3.8) is 0 Å². The fraction of sp³-hybridized carbons (Fsp3) is 0.423. The molecule has 2 aromatic rings. The highest BCUT2D eigenvalue weighted by atomic mass is 19.4. The number of ether oxygens (including phenoxy) is 1. The second-order valence-electron chi connectivity index (χ2n) is 9.78. The molecule has 1 aliphatic heterocycles. The third-order valence-electron chi connectivity index (χ3n) is 6.89. The summed E-state index contributed by atoms with van der Waals surface area (Å²) in [5.41, 5.74) is 5.78. The van der Waals surface area contributed by atoms with Crippen molar-refractivity contribution in [2.24, 2.45) is 16.6 Å². The van der Waals surface area contributed by atoms with Gasteiger partial charge < -0.3 is 20.7 Å². The van der Waals surface area contributed by atoms with E-state index in [2.05, 4.69) is 25.7 Å². The predicted octanol–water partition coefficient (Wildman–Crippen LogP) is 4.28. The van der Waals surface area contributed by atoms with Gasteiger partial charge in [-0.2, -0.15) is 0 Å². The number of nitro groups is 1. The van der Waals surface area contributed by atoms with Gasteiger partial charge in [-0.1, -0.05) is 30.3 Å². The largest absolute Gasteiger partial charge is 0.573 e. The van der Waals surface area contributed by atoms with Crippen LogP contribution >= 0.6 is 0 Å². The first-order valence-electron chi connectivity index (χ1n) is 12.6. The Hall–Kier alpha value is -3.71. The highest BCUT2D eigenvalue weighted by Crippen LogP contribution is 2.33. The van der Waals surface area contributed by atoms with Crippen molar-refractivity contribution in [1.82, 2.24) is 16.0 Å². The first-order chi connectivity index (χ1) is 18.5. The molecule has 39 heavy (non-hydrogen) atoms. The van der Waals surface area contributed by atoms with Crippen LogP contribution in [-0.2, 0) is 13.1 Å². The highest BCUT2D eigenvalue weighted by molar-refractivity contribution is 5.83. The van der Waals surface area contributed by atoms with Gasteiger partial charge in [-0.05, 0) is 61.8 Å². The average molecular weight is 551 g/mol. The molecular weight excluding hydrogens is 520 g/mol. The summed E-state index contributed by atoms with van der Waals surface area (Å²) < 4.78 is 55.7. The number of rotatable bonds is 9. The van der Waals surface area contributed by atoms with E-state index in [0.717, 1.165) is 31.2 Å². The number of nitrogens with one attached hydrogen (secondary N) is 3. The molecule has 5 N–H and O–H groups in total. The number of para-hydroxylation sites is 1. The van der Waals surface area contributed by atoms with Crippen LogP contribution in [0, 0.1) is 21.8 Å². The minimum Gasteiger partial charge on any atom is -0.405 e. The Morgan fingerprint density at radius 2 is 1.90 bits per heavy atom. The highest BCUT2D eigenvalue weighted by Gasteiger charge is 2.44. The zero-order valence-electron chi connectivity index (χ0n) is 21.0. The van der Waals surface area contributed by atoms with E-state index in [1.165, 1.54) is 36.5 Å². The molecule has 4 rings (SSSR count). The van der Waals surface area contributed by atoms with E-state index in [0.29, 0.717) is 6.54 Å². The molecule has 1 atom stereocenters. The lowest BCUT2D eigenvalue weighted by atomic mass is 9.79. The van der Waals surface area contributed by atoms with E-state index < -0.39 is 16.9 Å². The van der Waals surface area contributed by atoms with E-state index >= 15 is 0 Å². The lowest BCUT2D eigenvalue weighted by Gasteiger charge is -2.37. The minimum absolute atomic E-state index is 0.0957. The van der Waals surface area contributed by atoms with Crippen molar-refractivity contribution in [3.05, 3.63) is 87.5 Å².